The number of nitrogens with one attached hydrogen (secondary N) is 1. The van der Waals surface area contributed by atoms with Crippen molar-refractivity contribution in [3.05, 3.63) is 48.3 Å². The summed E-state index contributed by atoms with van der Waals surface area (Å²) >= 11 is 0. The Morgan fingerprint density at radius 1 is 1.11 bits per heavy atom. The zero-order chi connectivity index (χ0) is 19.9. The second-order valence-electron chi connectivity index (χ2n) is 5.82. The van der Waals surface area contributed by atoms with Gasteiger partial charge in [0.15, 0.2) is 11.5 Å². The molecule has 0 aliphatic carbocycles. The highest BCUT2D eigenvalue weighted by molar-refractivity contribution is 7.88. The molecule has 1 amide bonds. The number of aromatic nitrogens is 1. The molecule has 9 heteroatoms. The SMILES string of the molecule is COc1ccc(NC(=O)CCN(Cc2ccncc2)S(C)(=O)=O)cc1OC. The second-order valence-corrected chi connectivity index (χ2v) is 7.80. The lowest BCUT2D eigenvalue weighted by Crippen LogP contribution is -2.32. The predicted molar refractivity (Wildman–Crippen MR) is 102 cm³/mol. The molecule has 0 fully saturated rings. The Kier molecular flexibility index (Phi) is 7.14. The number of anilines is 1. The number of rotatable bonds is 9. The highest BCUT2D eigenvalue weighted by Crippen LogP contribution is 2.29. The lowest BCUT2D eigenvalue weighted by Gasteiger charge is -2.19. The Hall–Kier alpha value is -2.65. The Morgan fingerprint density at radius 3 is 2.37 bits per heavy atom. The van der Waals surface area contributed by atoms with E-state index in [1.165, 1.54) is 18.5 Å². The summed E-state index contributed by atoms with van der Waals surface area (Å²) < 4.78 is 35.6. The van der Waals surface area contributed by atoms with Gasteiger partial charge in [0.05, 0.1) is 20.5 Å². The van der Waals surface area contributed by atoms with Gasteiger partial charge >= 0.3 is 0 Å². The highest BCUT2D eigenvalue weighted by Gasteiger charge is 2.18. The molecule has 1 N–H and O–H groups in total. The molecule has 0 atom stereocenters. The minimum atomic E-state index is -3.45. The minimum Gasteiger partial charge on any atom is -0.493 e. The molecule has 1 aromatic carbocycles. The number of hydrogen-bond donors (Lipinski definition) is 1. The van der Waals surface area contributed by atoms with Crippen molar-refractivity contribution >= 4 is 21.6 Å². The molecule has 1 aromatic heterocycles. The molecule has 2 rings (SSSR count). The summed E-state index contributed by atoms with van der Waals surface area (Å²) in [5.74, 6) is 0.743. The summed E-state index contributed by atoms with van der Waals surface area (Å²) in [7, 11) is -0.422. The van der Waals surface area contributed by atoms with Crippen molar-refractivity contribution in [1.82, 2.24) is 9.29 Å². The number of hydrogen-bond acceptors (Lipinski definition) is 6. The van der Waals surface area contributed by atoms with Crippen LogP contribution in [0.2, 0.25) is 0 Å². The van der Waals surface area contributed by atoms with Gasteiger partial charge in [0.25, 0.3) is 0 Å². The van der Waals surface area contributed by atoms with E-state index in [2.05, 4.69) is 10.3 Å². The van der Waals surface area contributed by atoms with Crippen molar-refractivity contribution in [2.24, 2.45) is 0 Å². The topological polar surface area (TPSA) is 97.8 Å². The molecule has 0 saturated heterocycles. The lowest BCUT2D eigenvalue weighted by atomic mass is 10.2. The van der Waals surface area contributed by atoms with E-state index < -0.39 is 10.0 Å². The van der Waals surface area contributed by atoms with Gasteiger partial charge in [-0.1, -0.05) is 0 Å². The van der Waals surface area contributed by atoms with Gasteiger partial charge < -0.3 is 14.8 Å². The van der Waals surface area contributed by atoms with Crippen LogP contribution in [0.3, 0.4) is 0 Å². The van der Waals surface area contributed by atoms with Crippen LogP contribution in [0.5, 0.6) is 11.5 Å². The molecule has 0 aliphatic rings. The van der Waals surface area contributed by atoms with Crippen LogP contribution in [0.25, 0.3) is 0 Å². The average molecular weight is 393 g/mol. The third-order valence-electron chi connectivity index (χ3n) is 3.83. The molecule has 0 radical (unpaired) electrons. The Bertz CT molecular complexity index is 872. The van der Waals surface area contributed by atoms with Crippen molar-refractivity contribution in [3.8, 4) is 11.5 Å². The summed E-state index contributed by atoms with van der Waals surface area (Å²) in [5.41, 5.74) is 1.34. The number of methoxy groups -OCH3 is 2. The number of benzene rings is 1. The maximum Gasteiger partial charge on any atom is 0.225 e. The van der Waals surface area contributed by atoms with Crippen LogP contribution >= 0.6 is 0 Å². The molecule has 0 spiro atoms. The van der Waals surface area contributed by atoms with E-state index in [9.17, 15) is 13.2 Å². The monoisotopic (exact) mass is 393 g/mol. The van der Waals surface area contributed by atoms with E-state index in [4.69, 9.17) is 9.47 Å². The number of sulfonamides is 1. The summed E-state index contributed by atoms with van der Waals surface area (Å²) in [6.07, 6.45) is 4.34. The normalized spacial score (nSPS) is 11.3. The molecule has 0 bridgehead atoms. The third kappa shape index (κ3) is 6.22. The fourth-order valence-electron chi connectivity index (χ4n) is 2.42. The maximum absolute atomic E-state index is 12.2. The van der Waals surface area contributed by atoms with Crippen molar-refractivity contribution < 1.29 is 22.7 Å². The number of ether oxygens (including phenoxy) is 2. The highest BCUT2D eigenvalue weighted by atomic mass is 32.2. The Morgan fingerprint density at radius 2 is 1.78 bits per heavy atom. The molecule has 8 nitrogen and oxygen atoms in total. The van der Waals surface area contributed by atoms with Gasteiger partial charge in [-0.05, 0) is 29.8 Å². The van der Waals surface area contributed by atoms with Gasteiger partial charge in [0.1, 0.15) is 0 Å². The standard InChI is InChI=1S/C18H23N3O5S/c1-25-16-5-4-15(12-17(16)26-2)20-18(22)8-11-21(27(3,23)24)13-14-6-9-19-10-7-14/h4-7,9-10,12H,8,11,13H2,1-3H3,(H,20,22). The lowest BCUT2D eigenvalue weighted by molar-refractivity contribution is -0.116. The van der Waals surface area contributed by atoms with Crippen LogP contribution in [0, 0.1) is 0 Å². The van der Waals surface area contributed by atoms with Crippen LogP contribution in [-0.4, -0.2) is 50.6 Å². The fourth-order valence-corrected chi connectivity index (χ4v) is 3.22. The van der Waals surface area contributed by atoms with Crippen LogP contribution in [0.15, 0.2) is 42.7 Å². The molecular formula is C18H23N3O5S. The van der Waals surface area contributed by atoms with Gasteiger partial charge in [-0.15, -0.1) is 0 Å². The zero-order valence-electron chi connectivity index (χ0n) is 15.5. The minimum absolute atomic E-state index is 0.0203. The van der Waals surface area contributed by atoms with E-state index in [1.807, 2.05) is 0 Å². The molecule has 1 heterocycles. The van der Waals surface area contributed by atoms with Gasteiger partial charge in [-0.25, -0.2) is 8.42 Å². The first-order valence-corrected chi connectivity index (χ1v) is 10.0. The Balaban J connectivity index is 1.99. The molecule has 0 unspecified atom stereocenters. The molecule has 27 heavy (non-hydrogen) atoms. The van der Waals surface area contributed by atoms with Crippen LogP contribution in [0.4, 0.5) is 5.69 Å². The van der Waals surface area contributed by atoms with Crippen molar-refractivity contribution in [1.29, 1.82) is 0 Å². The second kappa shape index (κ2) is 9.33. The predicted octanol–water partition coefficient (Wildman–Crippen LogP) is 1.89. The number of carbonyl (C=O) groups is 1. The molecule has 0 saturated carbocycles. The Labute approximate surface area is 159 Å². The van der Waals surface area contributed by atoms with E-state index in [1.54, 1.807) is 42.7 Å². The van der Waals surface area contributed by atoms with Crippen molar-refractivity contribution in [2.75, 3.05) is 32.3 Å². The van der Waals surface area contributed by atoms with Gasteiger partial charge in [0.2, 0.25) is 15.9 Å². The molecule has 146 valence electrons. The number of pyridine rings is 1. The van der Waals surface area contributed by atoms with Gasteiger partial charge in [-0.3, -0.25) is 9.78 Å². The first kappa shape index (κ1) is 20.7. The first-order chi connectivity index (χ1) is 12.8. The average Bonchev–Trinajstić information content (AvgIpc) is 2.64. The van der Waals surface area contributed by atoms with Crippen molar-refractivity contribution in [3.63, 3.8) is 0 Å². The quantitative estimate of drug-likeness (QED) is 0.699. The number of carbonyl (C=O) groups excluding carboxylic acids is 1. The summed E-state index contributed by atoms with van der Waals surface area (Å²) in [6, 6.07) is 8.48. The van der Waals surface area contributed by atoms with Gasteiger partial charge in [0, 0.05) is 43.7 Å². The largest absolute Gasteiger partial charge is 0.493 e. The fraction of sp³-hybridized carbons (Fsp3) is 0.333. The summed E-state index contributed by atoms with van der Waals surface area (Å²) in [6.45, 7) is 0.255. The zero-order valence-corrected chi connectivity index (χ0v) is 16.3. The smallest absolute Gasteiger partial charge is 0.225 e. The summed E-state index contributed by atoms with van der Waals surface area (Å²) in [5, 5.41) is 2.73. The number of amides is 1. The van der Waals surface area contributed by atoms with E-state index >= 15 is 0 Å². The van der Waals surface area contributed by atoms with E-state index in [-0.39, 0.29) is 25.4 Å². The third-order valence-corrected chi connectivity index (χ3v) is 5.08. The summed E-state index contributed by atoms with van der Waals surface area (Å²) in [4.78, 5) is 16.1. The van der Waals surface area contributed by atoms with E-state index in [0.29, 0.717) is 17.2 Å². The maximum atomic E-state index is 12.2. The molecule has 2 aromatic rings. The van der Waals surface area contributed by atoms with E-state index in [0.717, 1.165) is 11.8 Å². The van der Waals surface area contributed by atoms with Gasteiger partial charge in [-0.2, -0.15) is 4.31 Å². The van der Waals surface area contributed by atoms with Crippen LogP contribution in [-0.2, 0) is 21.4 Å². The first-order valence-electron chi connectivity index (χ1n) is 8.19. The number of nitrogens with zero attached hydrogens (tertiary/aromatic N) is 2. The van der Waals surface area contributed by atoms with Crippen LogP contribution in [0.1, 0.15) is 12.0 Å². The molecule has 0 aliphatic heterocycles. The van der Waals surface area contributed by atoms with Crippen LogP contribution < -0.4 is 14.8 Å². The van der Waals surface area contributed by atoms with Crippen molar-refractivity contribution in [2.45, 2.75) is 13.0 Å². The molecular weight excluding hydrogens is 370 g/mol.